The Hall–Kier alpha value is -2.27. The molecular formula is C17H19N3O5S2. The van der Waals surface area contributed by atoms with Gasteiger partial charge in [-0.05, 0) is 24.3 Å². The van der Waals surface area contributed by atoms with E-state index in [9.17, 15) is 21.6 Å². The zero-order chi connectivity index (χ0) is 19.7. The Morgan fingerprint density at radius 1 is 0.815 bits per heavy atom. The molecule has 1 atom stereocenters. The van der Waals surface area contributed by atoms with Crippen LogP contribution < -0.4 is 5.73 Å². The number of nitrogens with two attached hydrogens (primary N) is 1. The lowest BCUT2D eigenvalue weighted by atomic mass is 10.2. The molecular weight excluding hydrogens is 390 g/mol. The third kappa shape index (κ3) is 3.74. The van der Waals surface area contributed by atoms with E-state index in [0.29, 0.717) is 0 Å². The third-order valence-corrected chi connectivity index (χ3v) is 8.15. The van der Waals surface area contributed by atoms with Crippen molar-refractivity contribution < 1.29 is 21.6 Å². The second-order valence-electron chi connectivity index (χ2n) is 6.02. The van der Waals surface area contributed by atoms with Gasteiger partial charge in [-0.3, -0.25) is 4.79 Å². The highest BCUT2D eigenvalue weighted by molar-refractivity contribution is 7.89. The van der Waals surface area contributed by atoms with E-state index in [1.54, 1.807) is 36.4 Å². The van der Waals surface area contributed by atoms with Crippen LogP contribution in [0.2, 0.25) is 0 Å². The first-order valence-electron chi connectivity index (χ1n) is 8.16. The van der Waals surface area contributed by atoms with Crippen molar-refractivity contribution >= 4 is 26.0 Å². The lowest BCUT2D eigenvalue weighted by molar-refractivity contribution is -0.122. The summed E-state index contributed by atoms with van der Waals surface area (Å²) in [6.45, 7) is -0.581. The van der Waals surface area contributed by atoms with Gasteiger partial charge < -0.3 is 5.73 Å². The topological polar surface area (TPSA) is 118 Å². The van der Waals surface area contributed by atoms with Gasteiger partial charge in [0.2, 0.25) is 26.0 Å². The van der Waals surface area contributed by atoms with Crippen LogP contribution >= 0.6 is 0 Å². The van der Waals surface area contributed by atoms with Crippen LogP contribution in [0.25, 0.3) is 0 Å². The summed E-state index contributed by atoms with van der Waals surface area (Å²) in [5, 5.41) is 0. The fraction of sp³-hybridized carbons (Fsp3) is 0.235. The number of hydrogen-bond acceptors (Lipinski definition) is 5. The molecule has 1 heterocycles. The molecule has 1 amide bonds. The molecule has 0 spiro atoms. The molecule has 10 heteroatoms. The van der Waals surface area contributed by atoms with Crippen molar-refractivity contribution in [3.05, 3.63) is 60.7 Å². The zero-order valence-corrected chi connectivity index (χ0v) is 15.9. The van der Waals surface area contributed by atoms with E-state index < -0.39 is 32.0 Å². The summed E-state index contributed by atoms with van der Waals surface area (Å²) in [5.74, 6) is -0.900. The van der Waals surface area contributed by atoms with Crippen LogP contribution in [0.5, 0.6) is 0 Å². The number of benzene rings is 2. The van der Waals surface area contributed by atoms with E-state index in [4.69, 9.17) is 5.73 Å². The fourth-order valence-corrected chi connectivity index (χ4v) is 6.01. The summed E-state index contributed by atoms with van der Waals surface area (Å²) in [7, 11) is -7.84. The van der Waals surface area contributed by atoms with Crippen molar-refractivity contribution in [1.82, 2.24) is 8.61 Å². The van der Waals surface area contributed by atoms with Crippen LogP contribution in [0, 0.1) is 0 Å². The van der Waals surface area contributed by atoms with Crippen LogP contribution in [-0.4, -0.2) is 57.0 Å². The number of sulfonamides is 2. The summed E-state index contributed by atoms with van der Waals surface area (Å²) < 4.78 is 53.4. The Labute approximate surface area is 158 Å². The monoisotopic (exact) mass is 409 g/mol. The number of carbonyl (C=O) groups is 1. The molecule has 1 fully saturated rings. The van der Waals surface area contributed by atoms with Crippen molar-refractivity contribution in [2.75, 3.05) is 19.6 Å². The molecule has 1 saturated heterocycles. The average Bonchev–Trinajstić information content (AvgIpc) is 2.68. The maximum atomic E-state index is 12.9. The summed E-state index contributed by atoms with van der Waals surface area (Å²) in [4.78, 5) is 12.0. The van der Waals surface area contributed by atoms with Gasteiger partial charge in [-0.25, -0.2) is 16.8 Å². The Kier molecular flexibility index (Phi) is 5.33. The van der Waals surface area contributed by atoms with Crippen LogP contribution in [-0.2, 0) is 24.8 Å². The number of rotatable bonds is 5. The number of hydrogen-bond donors (Lipinski definition) is 1. The molecule has 0 saturated carbocycles. The molecule has 0 aromatic heterocycles. The lowest BCUT2D eigenvalue weighted by Crippen LogP contribution is -2.60. The average molecular weight is 409 g/mol. The molecule has 3 rings (SSSR count). The third-order valence-electron chi connectivity index (χ3n) is 4.35. The minimum Gasteiger partial charge on any atom is -0.368 e. The summed E-state index contributed by atoms with van der Waals surface area (Å²) >= 11 is 0. The number of nitrogens with zero attached hydrogens (tertiary/aromatic N) is 2. The lowest BCUT2D eigenvalue weighted by Gasteiger charge is -2.38. The smallest absolute Gasteiger partial charge is 0.243 e. The zero-order valence-electron chi connectivity index (χ0n) is 14.3. The first-order chi connectivity index (χ1) is 12.7. The molecule has 0 radical (unpaired) electrons. The standard InChI is InChI=1S/C17H19N3O5S2/c18-17(21)16-13-19(26(22,23)14-7-3-1-4-8-14)11-12-20(16)27(24,25)15-9-5-2-6-10-15/h1-10,16H,11-13H2,(H2,18,21)/t16-/m1/s1. The van der Waals surface area contributed by atoms with Gasteiger partial charge in [0.25, 0.3) is 0 Å². The van der Waals surface area contributed by atoms with Crippen LogP contribution in [0.15, 0.2) is 70.5 Å². The Morgan fingerprint density at radius 2 is 1.30 bits per heavy atom. The van der Waals surface area contributed by atoms with Gasteiger partial charge >= 0.3 is 0 Å². The van der Waals surface area contributed by atoms with Crippen molar-refractivity contribution in [2.45, 2.75) is 15.8 Å². The fourth-order valence-electron chi connectivity index (χ4n) is 2.95. The van der Waals surface area contributed by atoms with Crippen molar-refractivity contribution in [3.63, 3.8) is 0 Å². The molecule has 1 aliphatic heterocycles. The summed E-state index contributed by atoms with van der Waals surface area (Å²) in [5.41, 5.74) is 5.41. The summed E-state index contributed by atoms with van der Waals surface area (Å²) in [6.07, 6.45) is 0. The van der Waals surface area contributed by atoms with E-state index in [2.05, 4.69) is 0 Å². The van der Waals surface area contributed by atoms with Crippen LogP contribution in [0.4, 0.5) is 0 Å². The van der Waals surface area contributed by atoms with E-state index in [-0.39, 0.29) is 29.4 Å². The quantitative estimate of drug-likeness (QED) is 0.759. The molecule has 2 aromatic carbocycles. The molecule has 8 nitrogen and oxygen atoms in total. The first-order valence-corrected chi connectivity index (χ1v) is 11.0. The summed E-state index contributed by atoms with van der Waals surface area (Å²) in [6, 6.07) is 14.1. The molecule has 27 heavy (non-hydrogen) atoms. The number of piperazine rings is 1. The van der Waals surface area contributed by atoms with Crippen LogP contribution in [0.3, 0.4) is 0 Å². The SMILES string of the molecule is NC(=O)[C@H]1CN(S(=O)(=O)c2ccccc2)CCN1S(=O)(=O)c1ccccc1. The van der Waals surface area contributed by atoms with Crippen molar-refractivity contribution in [1.29, 1.82) is 0 Å². The number of primary amides is 1. The molecule has 0 aliphatic carbocycles. The number of amides is 1. The Bertz CT molecular complexity index is 1020. The highest BCUT2D eigenvalue weighted by Gasteiger charge is 2.42. The van der Waals surface area contributed by atoms with Crippen molar-refractivity contribution in [3.8, 4) is 0 Å². The van der Waals surface area contributed by atoms with Gasteiger partial charge in [0.05, 0.1) is 9.79 Å². The normalized spacial score (nSPS) is 19.6. The second-order valence-corrected chi connectivity index (χ2v) is 9.85. The van der Waals surface area contributed by atoms with Gasteiger partial charge in [-0.1, -0.05) is 36.4 Å². The van der Waals surface area contributed by atoms with Gasteiger partial charge in [0, 0.05) is 19.6 Å². The molecule has 2 aromatic rings. The highest BCUT2D eigenvalue weighted by Crippen LogP contribution is 2.25. The van der Waals surface area contributed by atoms with E-state index in [1.165, 1.54) is 24.3 Å². The van der Waals surface area contributed by atoms with Gasteiger partial charge in [0.15, 0.2) is 0 Å². The number of carbonyl (C=O) groups excluding carboxylic acids is 1. The minimum absolute atomic E-state index is 0.0237. The maximum Gasteiger partial charge on any atom is 0.243 e. The highest BCUT2D eigenvalue weighted by atomic mass is 32.2. The predicted octanol–water partition coefficient (Wildman–Crippen LogP) is 0.236. The Morgan fingerprint density at radius 3 is 1.78 bits per heavy atom. The van der Waals surface area contributed by atoms with E-state index in [0.717, 1.165) is 8.61 Å². The van der Waals surface area contributed by atoms with E-state index in [1.807, 2.05) is 0 Å². The molecule has 2 N–H and O–H groups in total. The Balaban J connectivity index is 1.92. The largest absolute Gasteiger partial charge is 0.368 e. The molecule has 0 bridgehead atoms. The molecule has 144 valence electrons. The maximum absolute atomic E-state index is 12.9. The van der Waals surface area contributed by atoms with E-state index >= 15 is 0 Å². The molecule has 0 unspecified atom stereocenters. The second kappa shape index (κ2) is 7.39. The van der Waals surface area contributed by atoms with Gasteiger partial charge in [-0.2, -0.15) is 8.61 Å². The van der Waals surface area contributed by atoms with Crippen LogP contribution in [0.1, 0.15) is 0 Å². The molecule has 1 aliphatic rings. The predicted molar refractivity (Wildman–Crippen MR) is 98.5 cm³/mol. The first kappa shape index (κ1) is 19.5. The van der Waals surface area contributed by atoms with Gasteiger partial charge in [0.1, 0.15) is 6.04 Å². The minimum atomic E-state index is -3.98. The van der Waals surface area contributed by atoms with Crippen molar-refractivity contribution in [2.24, 2.45) is 5.73 Å². The van der Waals surface area contributed by atoms with Gasteiger partial charge in [-0.15, -0.1) is 0 Å².